The Balaban J connectivity index is 1.87. The van der Waals surface area contributed by atoms with E-state index in [4.69, 9.17) is 11.6 Å². The summed E-state index contributed by atoms with van der Waals surface area (Å²) < 4.78 is 1.05. The number of hydrogen-bond donors (Lipinski definition) is 0. The first-order chi connectivity index (χ1) is 8.69. The number of nitrogens with zero attached hydrogens (tertiary/aromatic N) is 1. The summed E-state index contributed by atoms with van der Waals surface area (Å²) in [5.74, 6) is 0.951. The van der Waals surface area contributed by atoms with Crippen molar-refractivity contribution >= 4 is 27.5 Å². The number of benzene rings is 1. The van der Waals surface area contributed by atoms with Crippen LogP contribution in [0.1, 0.15) is 38.2 Å². The van der Waals surface area contributed by atoms with Crippen LogP contribution in [0.5, 0.6) is 0 Å². The minimum Gasteiger partial charge on any atom is -0.299 e. The molecule has 1 heterocycles. The Bertz CT molecular complexity index is 386. The van der Waals surface area contributed by atoms with E-state index in [-0.39, 0.29) is 0 Å². The number of halogens is 2. The summed E-state index contributed by atoms with van der Waals surface area (Å²) >= 11 is 9.72. The molecule has 1 aliphatic heterocycles. The van der Waals surface area contributed by atoms with Gasteiger partial charge in [-0.2, -0.15) is 0 Å². The van der Waals surface area contributed by atoms with Crippen LogP contribution in [0.2, 0.25) is 5.02 Å². The van der Waals surface area contributed by atoms with E-state index in [1.54, 1.807) is 0 Å². The molecular formula is C15H21BrClN. The number of piperidine rings is 1. The van der Waals surface area contributed by atoms with Crippen LogP contribution in [0.15, 0.2) is 22.7 Å². The molecular weight excluding hydrogens is 310 g/mol. The van der Waals surface area contributed by atoms with Crippen molar-refractivity contribution in [3.8, 4) is 0 Å². The predicted octanol–water partition coefficient (Wildman–Crippen LogP) is 5.11. The minimum absolute atomic E-state index is 0.875. The summed E-state index contributed by atoms with van der Waals surface area (Å²) in [4.78, 5) is 2.53. The Morgan fingerprint density at radius 3 is 2.67 bits per heavy atom. The molecule has 2 rings (SSSR count). The van der Waals surface area contributed by atoms with Gasteiger partial charge in [0.05, 0.1) is 0 Å². The van der Waals surface area contributed by atoms with Crippen molar-refractivity contribution in [2.75, 3.05) is 13.1 Å². The second kappa shape index (κ2) is 6.93. The van der Waals surface area contributed by atoms with Crippen LogP contribution in [-0.2, 0) is 6.54 Å². The van der Waals surface area contributed by atoms with E-state index in [1.165, 1.54) is 44.3 Å². The third-order valence-electron chi connectivity index (χ3n) is 3.81. The Morgan fingerprint density at radius 1 is 1.33 bits per heavy atom. The van der Waals surface area contributed by atoms with E-state index in [0.29, 0.717) is 0 Å². The Labute approximate surface area is 124 Å². The van der Waals surface area contributed by atoms with E-state index in [9.17, 15) is 0 Å². The van der Waals surface area contributed by atoms with Crippen LogP contribution in [0, 0.1) is 5.92 Å². The van der Waals surface area contributed by atoms with Crippen molar-refractivity contribution in [2.24, 2.45) is 5.92 Å². The van der Waals surface area contributed by atoms with Crippen molar-refractivity contribution in [1.82, 2.24) is 4.90 Å². The normalized spacial score (nSPS) is 18.2. The highest BCUT2D eigenvalue weighted by molar-refractivity contribution is 9.10. The van der Waals surface area contributed by atoms with E-state index in [2.05, 4.69) is 39.9 Å². The fraction of sp³-hybridized carbons (Fsp3) is 0.600. The second-order valence-corrected chi connectivity index (χ2v) is 6.57. The second-order valence-electron chi connectivity index (χ2n) is 5.24. The molecule has 0 amide bonds. The van der Waals surface area contributed by atoms with Crippen LogP contribution in [0.3, 0.4) is 0 Å². The SMILES string of the molecule is CCCC1CCN(Cc2ccc(Br)cc2Cl)CC1. The molecule has 1 nitrogen and oxygen atoms in total. The average molecular weight is 331 g/mol. The van der Waals surface area contributed by atoms with Crippen molar-refractivity contribution < 1.29 is 0 Å². The summed E-state index contributed by atoms with van der Waals surface area (Å²) in [6.45, 7) is 5.72. The molecule has 1 aromatic rings. The lowest BCUT2D eigenvalue weighted by molar-refractivity contribution is 0.172. The van der Waals surface area contributed by atoms with Gasteiger partial charge in [0.1, 0.15) is 0 Å². The molecule has 18 heavy (non-hydrogen) atoms. The fourth-order valence-electron chi connectivity index (χ4n) is 2.73. The molecule has 0 bridgehead atoms. The average Bonchev–Trinajstić information content (AvgIpc) is 2.35. The van der Waals surface area contributed by atoms with Crippen LogP contribution in [-0.4, -0.2) is 18.0 Å². The van der Waals surface area contributed by atoms with E-state index < -0.39 is 0 Å². The maximum Gasteiger partial charge on any atom is 0.0462 e. The Kier molecular flexibility index (Phi) is 5.53. The van der Waals surface area contributed by atoms with Gasteiger partial charge in [-0.15, -0.1) is 0 Å². The van der Waals surface area contributed by atoms with Gasteiger partial charge < -0.3 is 0 Å². The minimum atomic E-state index is 0.875. The van der Waals surface area contributed by atoms with Gasteiger partial charge in [0.2, 0.25) is 0 Å². The standard InChI is InChI=1S/C15H21BrClN/c1-2-3-12-6-8-18(9-7-12)11-13-4-5-14(16)10-15(13)17/h4-5,10,12H,2-3,6-9,11H2,1H3. The van der Waals surface area contributed by atoms with Crippen molar-refractivity contribution in [2.45, 2.75) is 39.2 Å². The van der Waals surface area contributed by atoms with E-state index in [1.807, 2.05) is 6.07 Å². The first-order valence-electron chi connectivity index (χ1n) is 6.85. The zero-order valence-corrected chi connectivity index (χ0v) is 13.3. The highest BCUT2D eigenvalue weighted by Gasteiger charge is 2.18. The monoisotopic (exact) mass is 329 g/mol. The van der Waals surface area contributed by atoms with Crippen molar-refractivity contribution in [3.05, 3.63) is 33.3 Å². The molecule has 0 aromatic heterocycles. The van der Waals surface area contributed by atoms with Gasteiger partial charge in [-0.05, 0) is 49.5 Å². The van der Waals surface area contributed by atoms with Gasteiger partial charge in [-0.3, -0.25) is 4.90 Å². The summed E-state index contributed by atoms with van der Waals surface area (Å²) in [6.07, 6.45) is 5.42. The zero-order chi connectivity index (χ0) is 13.0. The number of likely N-dealkylation sites (tertiary alicyclic amines) is 1. The predicted molar refractivity (Wildman–Crippen MR) is 82.1 cm³/mol. The summed E-state index contributed by atoms with van der Waals surface area (Å²) in [5.41, 5.74) is 1.24. The van der Waals surface area contributed by atoms with Crippen molar-refractivity contribution in [1.29, 1.82) is 0 Å². The summed E-state index contributed by atoms with van der Waals surface area (Å²) in [7, 11) is 0. The fourth-order valence-corrected chi connectivity index (χ4v) is 3.47. The van der Waals surface area contributed by atoms with E-state index in [0.717, 1.165) is 22.0 Å². The molecule has 0 spiro atoms. The first-order valence-corrected chi connectivity index (χ1v) is 8.02. The molecule has 0 radical (unpaired) electrons. The van der Waals surface area contributed by atoms with Gasteiger partial charge in [0.15, 0.2) is 0 Å². The maximum atomic E-state index is 6.27. The molecule has 1 aromatic carbocycles. The molecule has 1 fully saturated rings. The lowest BCUT2D eigenvalue weighted by atomic mass is 9.92. The van der Waals surface area contributed by atoms with Gasteiger partial charge >= 0.3 is 0 Å². The van der Waals surface area contributed by atoms with Gasteiger partial charge in [-0.1, -0.05) is 53.4 Å². The molecule has 1 saturated heterocycles. The zero-order valence-electron chi connectivity index (χ0n) is 11.0. The first kappa shape index (κ1) is 14.4. The quantitative estimate of drug-likeness (QED) is 0.741. The smallest absolute Gasteiger partial charge is 0.0462 e. The van der Waals surface area contributed by atoms with Crippen LogP contribution >= 0.6 is 27.5 Å². The molecule has 100 valence electrons. The molecule has 0 saturated carbocycles. The largest absolute Gasteiger partial charge is 0.299 e. The van der Waals surface area contributed by atoms with Crippen LogP contribution < -0.4 is 0 Å². The molecule has 0 unspecified atom stereocenters. The highest BCUT2D eigenvalue weighted by atomic mass is 79.9. The summed E-state index contributed by atoms with van der Waals surface area (Å²) in [6, 6.07) is 6.19. The molecule has 3 heteroatoms. The molecule has 0 aliphatic carbocycles. The molecule has 0 atom stereocenters. The number of rotatable bonds is 4. The van der Waals surface area contributed by atoms with Crippen molar-refractivity contribution in [3.63, 3.8) is 0 Å². The Morgan fingerprint density at radius 2 is 2.06 bits per heavy atom. The van der Waals surface area contributed by atoms with Gasteiger partial charge in [0, 0.05) is 16.0 Å². The third-order valence-corrected chi connectivity index (χ3v) is 4.66. The van der Waals surface area contributed by atoms with Gasteiger partial charge in [0.25, 0.3) is 0 Å². The van der Waals surface area contributed by atoms with Crippen LogP contribution in [0.25, 0.3) is 0 Å². The molecule has 1 aliphatic rings. The Hall–Kier alpha value is -0.0500. The lowest BCUT2D eigenvalue weighted by Crippen LogP contribution is -2.33. The van der Waals surface area contributed by atoms with E-state index >= 15 is 0 Å². The highest BCUT2D eigenvalue weighted by Crippen LogP contribution is 2.26. The van der Waals surface area contributed by atoms with Crippen LogP contribution in [0.4, 0.5) is 0 Å². The van der Waals surface area contributed by atoms with Gasteiger partial charge in [-0.25, -0.2) is 0 Å². The number of hydrogen-bond acceptors (Lipinski definition) is 1. The topological polar surface area (TPSA) is 3.24 Å². The third kappa shape index (κ3) is 3.97. The lowest BCUT2D eigenvalue weighted by Gasteiger charge is -2.32. The summed E-state index contributed by atoms with van der Waals surface area (Å²) in [5, 5.41) is 0.875. The maximum absolute atomic E-state index is 6.27. The molecule has 0 N–H and O–H groups in total.